The molecule has 1 heterocycles. The molecule has 1 N–H and O–H groups in total. The largest absolute Gasteiger partial charge is 0.268 e. The van der Waals surface area contributed by atoms with Crippen molar-refractivity contribution in [3.63, 3.8) is 0 Å². The summed E-state index contributed by atoms with van der Waals surface area (Å²) in [4.78, 5) is 11.1. The van der Waals surface area contributed by atoms with E-state index in [1.165, 1.54) is 6.42 Å². The lowest BCUT2D eigenvalue weighted by Crippen LogP contribution is -2.20. The van der Waals surface area contributed by atoms with Crippen LogP contribution in [0.5, 0.6) is 0 Å². The zero-order chi connectivity index (χ0) is 7.68. The Morgan fingerprint density at radius 1 is 1.55 bits per heavy atom. The van der Waals surface area contributed by atoms with Gasteiger partial charge in [0.1, 0.15) is 0 Å². The van der Waals surface area contributed by atoms with Crippen molar-refractivity contribution in [2.24, 2.45) is 0 Å². The van der Waals surface area contributed by atoms with E-state index in [1.807, 2.05) is 6.07 Å². The van der Waals surface area contributed by atoms with Crippen LogP contribution in [0.4, 0.5) is 0 Å². The minimum Gasteiger partial charge on any atom is -0.268 e. The third-order valence-electron chi connectivity index (χ3n) is 2.30. The van der Waals surface area contributed by atoms with Crippen molar-refractivity contribution in [1.82, 2.24) is 10.2 Å². The van der Waals surface area contributed by atoms with Gasteiger partial charge in [0, 0.05) is 11.8 Å². The minimum atomic E-state index is -0.0165. The summed E-state index contributed by atoms with van der Waals surface area (Å²) < 4.78 is 0. The summed E-state index contributed by atoms with van der Waals surface area (Å²) in [7, 11) is 0. The van der Waals surface area contributed by atoms with Gasteiger partial charge in [0.2, 0.25) is 0 Å². The summed E-state index contributed by atoms with van der Waals surface area (Å²) in [6, 6.07) is 1.82. The predicted molar refractivity (Wildman–Crippen MR) is 41.4 cm³/mol. The molecule has 2 rings (SSSR count). The van der Waals surface area contributed by atoms with Gasteiger partial charge in [-0.15, -0.1) is 0 Å². The van der Waals surface area contributed by atoms with E-state index in [-0.39, 0.29) is 5.56 Å². The first kappa shape index (κ1) is 6.58. The minimum absolute atomic E-state index is 0.0165. The Labute approximate surface area is 64.5 Å². The molecule has 0 spiro atoms. The lowest BCUT2D eigenvalue weighted by atomic mass is 9.81. The Kier molecular flexibility index (Phi) is 1.49. The molecule has 1 saturated carbocycles. The fraction of sp³-hybridized carbons (Fsp3) is 0.500. The molecule has 0 atom stereocenters. The molecule has 0 unspecified atom stereocenters. The molecule has 1 fully saturated rings. The smallest absolute Gasteiger partial charge is 0.267 e. The van der Waals surface area contributed by atoms with E-state index in [0.29, 0.717) is 5.92 Å². The molecule has 0 aliphatic heterocycles. The van der Waals surface area contributed by atoms with Crippen LogP contribution in [0, 0.1) is 0 Å². The number of H-pyrrole nitrogens is 1. The molecule has 11 heavy (non-hydrogen) atoms. The van der Waals surface area contributed by atoms with E-state index < -0.39 is 0 Å². The molecular formula is C8H10N2O. The summed E-state index contributed by atoms with van der Waals surface area (Å²) in [5, 5.41) is 6.09. The van der Waals surface area contributed by atoms with Crippen molar-refractivity contribution < 1.29 is 0 Å². The normalized spacial score (nSPS) is 17.8. The second-order valence-corrected chi connectivity index (χ2v) is 2.97. The lowest BCUT2D eigenvalue weighted by Gasteiger charge is -2.24. The Bertz CT molecular complexity index is 301. The van der Waals surface area contributed by atoms with E-state index >= 15 is 0 Å². The third-order valence-corrected chi connectivity index (χ3v) is 2.30. The molecule has 0 bridgehead atoms. The molecule has 3 nitrogen and oxygen atoms in total. The Morgan fingerprint density at radius 3 is 2.91 bits per heavy atom. The van der Waals surface area contributed by atoms with Gasteiger partial charge in [-0.3, -0.25) is 4.79 Å². The van der Waals surface area contributed by atoms with Gasteiger partial charge in [0.15, 0.2) is 0 Å². The number of aromatic nitrogens is 2. The Balaban J connectivity index is 2.36. The molecule has 1 aromatic heterocycles. The van der Waals surface area contributed by atoms with Gasteiger partial charge < -0.3 is 0 Å². The highest BCUT2D eigenvalue weighted by atomic mass is 16.1. The maximum atomic E-state index is 11.1. The maximum Gasteiger partial charge on any atom is 0.267 e. The number of rotatable bonds is 1. The van der Waals surface area contributed by atoms with Gasteiger partial charge in [-0.25, -0.2) is 5.10 Å². The van der Waals surface area contributed by atoms with Gasteiger partial charge in [0.05, 0.1) is 0 Å². The van der Waals surface area contributed by atoms with E-state index in [1.54, 1.807) is 6.20 Å². The zero-order valence-corrected chi connectivity index (χ0v) is 6.21. The average Bonchev–Trinajstić information content (AvgIpc) is 1.90. The molecule has 3 heteroatoms. The fourth-order valence-electron chi connectivity index (χ4n) is 1.39. The van der Waals surface area contributed by atoms with Crippen molar-refractivity contribution in [1.29, 1.82) is 0 Å². The highest BCUT2D eigenvalue weighted by Crippen LogP contribution is 2.33. The SMILES string of the molecule is O=c1[nH]nccc1C1CCC1. The first-order valence-corrected chi connectivity index (χ1v) is 3.91. The first-order chi connectivity index (χ1) is 5.38. The van der Waals surface area contributed by atoms with E-state index in [0.717, 1.165) is 18.4 Å². The van der Waals surface area contributed by atoms with Gasteiger partial charge in [-0.2, -0.15) is 5.10 Å². The van der Waals surface area contributed by atoms with E-state index in [9.17, 15) is 4.79 Å². The number of nitrogens with zero attached hydrogens (tertiary/aromatic N) is 1. The molecule has 0 saturated heterocycles. The fourth-order valence-corrected chi connectivity index (χ4v) is 1.39. The van der Waals surface area contributed by atoms with Crippen molar-refractivity contribution in [3.05, 3.63) is 28.2 Å². The van der Waals surface area contributed by atoms with Crippen molar-refractivity contribution in [2.75, 3.05) is 0 Å². The average molecular weight is 150 g/mol. The van der Waals surface area contributed by atoms with Crippen molar-refractivity contribution in [3.8, 4) is 0 Å². The molecule has 0 amide bonds. The molecule has 1 aliphatic carbocycles. The summed E-state index contributed by atoms with van der Waals surface area (Å²) >= 11 is 0. The van der Waals surface area contributed by atoms with Gasteiger partial charge in [-0.1, -0.05) is 6.42 Å². The van der Waals surface area contributed by atoms with Gasteiger partial charge in [-0.05, 0) is 24.8 Å². The lowest BCUT2D eigenvalue weighted by molar-refractivity contribution is 0.415. The Hall–Kier alpha value is -1.12. The highest BCUT2D eigenvalue weighted by Gasteiger charge is 2.21. The zero-order valence-electron chi connectivity index (χ0n) is 6.21. The van der Waals surface area contributed by atoms with Crippen LogP contribution in [0.1, 0.15) is 30.7 Å². The van der Waals surface area contributed by atoms with Crippen LogP contribution in [0.15, 0.2) is 17.1 Å². The van der Waals surface area contributed by atoms with E-state index in [2.05, 4.69) is 10.2 Å². The topological polar surface area (TPSA) is 45.8 Å². The molecule has 0 aromatic carbocycles. The molecular weight excluding hydrogens is 140 g/mol. The van der Waals surface area contributed by atoms with Crippen molar-refractivity contribution >= 4 is 0 Å². The van der Waals surface area contributed by atoms with Gasteiger partial charge in [0.25, 0.3) is 5.56 Å². The Morgan fingerprint density at radius 2 is 2.36 bits per heavy atom. The monoisotopic (exact) mass is 150 g/mol. The van der Waals surface area contributed by atoms with Gasteiger partial charge >= 0.3 is 0 Å². The molecule has 1 aliphatic rings. The second kappa shape index (κ2) is 2.49. The maximum absolute atomic E-state index is 11.1. The van der Waals surface area contributed by atoms with E-state index in [4.69, 9.17) is 0 Å². The molecule has 0 radical (unpaired) electrons. The van der Waals surface area contributed by atoms with Crippen LogP contribution in [-0.4, -0.2) is 10.2 Å². The highest BCUT2D eigenvalue weighted by molar-refractivity contribution is 5.14. The number of nitrogens with one attached hydrogen (secondary N) is 1. The number of hydrogen-bond donors (Lipinski definition) is 1. The second-order valence-electron chi connectivity index (χ2n) is 2.97. The molecule has 1 aromatic rings. The van der Waals surface area contributed by atoms with Crippen LogP contribution in [0.3, 0.4) is 0 Å². The van der Waals surface area contributed by atoms with Crippen LogP contribution in [-0.2, 0) is 0 Å². The van der Waals surface area contributed by atoms with Crippen LogP contribution in [0.25, 0.3) is 0 Å². The summed E-state index contributed by atoms with van der Waals surface area (Å²) in [6.07, 6.45) is 5.22. The third kappa shape index (κ3) is 1.06. The summed E-state index contributed by atoms with van der Waals surface area (Å²) in [5.41, 5.74) is 0.892. The number of aromatic amines is 1. The predicted octanol–water partition coefficient (Wildman–Crippen LogP) is 1.04. The van der Waals surface area contributed by atoms with Crippen molar-refractivity contribution in [2.45, 2.75) is 25.2 Å². The van der Waals surface area contributed by atoms with Crippen LogP contribution >= 0.6 is 0 Å². The van der Waals surface area contributed by atoms with Crippen LogP contribution in [0.2, 0.25) is 0 Å². The first-order valence-electron chi connectivity index (χ1n) is 3.91. The van der Waals surface area contributed by atoms with Crippen LogP contribution < -0.4 is 5.56 Å². The number of hydrogen-bond acceptors (Lipinski definition) is 2. The molecule has 58 valence electrons. The summed E-state index contributed by atoms with van der Waals surface area (Å²) in [5.74, 6) is 0.502. The quantitative estimate of drug-likeness (QED) is 0.650. The summed E-state index contributed by atoms with van der Waals surface area (Å²) in [6.45, 7) is 0. The standard InChI is InChI=1S/C8H10N2O/c11-8-7(4-5-9-10-8)6-2-1-3-6/h4-6H,1-3H2,(H,10,11).